The summed E-state index contributed by atoms with van der Waals surface area (Å²) in [6, 6.07) is 0. The van der Waals surface area contributed by atoms with E-state index >= 15 is 4.39 Å². The van der Waals surface area contributed by atoms with Gasteiger partial charge in [-0.05, 0) is 101 Å². The first kappa shape index (κ1) is 17.0. The SMILES string of the molecule is CC(=O)[C@H]1CC[C@H]2[C@@H]3CC[C@@H]4C[C@](C)(O)CC[C@]4(F)[C@H]3CC[C@]12C. The summed E-state index contributed by atoms with van der Waals surface area (Å²) in [4.78, 5) is 12.1. The maximum Gasteiger partial charge on any atom is 0.133 e. The summed E-state index contributed by atoms with van der Waals surface area (Å²) in [5.41, 5.74) is -1.64. The van der Waals surface area contributed by atoms with Crippen molar-refractivity contribution in [3.8, 4) is 0 Å². The molecule has 136 valence electrons. The fraction of sp³-hybridized carbons (Fsp3) is 0.952. The molecule has 4 saturated carbocycles. The molecule has 4 fully saturated rings. The minimum absolute atomic E-state index is 0.0388. The molecule has 2 nitrogen and oxygen atoms in total. The Bertz CT molecular complexity index is 544. The highest BCUT2D eigenvalue weighted by Gasteiger charge is 2.63. The van der Waals surface area contributed by atoms with Gasteiger partial charge in [0, 0.05) is 5.92 Å². The zero-order valence-electron chi connectivity index (χ0n) is 15.5. The number of carbonyl (C=O) groups is 1. The highest BCUT2D eigenvalue weighted by Crippen LogP contribution is 2.66. The molecular weight excluding hydrogens is 303 g/mol. The van der Waals surface area contributed by atoms with Crippen molar-refractivity contribution in [1.82, 2.24) is 0 Å². The summed E-state index contributed by atoms with van der Waals surface area (Å²) in [5.74, 6) is 1.73. The average Bonchev–Trinajstić information content (AvgIpc) is 2.85. The van der Waals surface area contributed by atoms with E-state index in [1.807, 2.05) is 6.92 Å². The Morgan fingerprint density at radius 1 is 1.00 bits per heavy atom. The Kier molecular flexibility index (Phi) is 3.74. The number of Topliss-reactive ketones (excluding diaryl/α,β-unsaturated/α-hetero) is 1. The fourth-order valence-corrected chi connectivity index (χ4v) is 7.65. The number of hydrogen-bond donors (Lipinski definition) is 1. The Morgan fingerprint density at radius 2 is 1.75 bits per heavy atom. The van der Waals surface area contributed by atoms with Gasteiger partial charge < -0.3 is 5.11 Å². The Hall–Kier alpha value is -0.440. The van der Waals surface area contributed by atoms with Crippen LogP contribution in [0.2, 0.25) is 0 Å². The van der Waals surface area contributed by atoms with E-state index in [4.69, 9.17) is 0 Å². The van der Waals surface area contributed by atoms with Crippen molar-refractivity contribution in [3.05, 3.63) is 0 Å². The van der Waals surface area contributed by atoms with Crippen LogP contribution >= 0.6 is 0 Å². The van der Waals surface area contributed by atoms with Gasteiger partial charge in [-0.3, -0.25) is 4.79 Å². The van der Waals surface area contributed by atoms with E-state index in [9.17, 15) is 9.90 Å². The van der Waals surface area contributed by atoms with E-state index in [0.29, 0.717) is 36.9 Å². The number of fused-ring (bicyclic) bond motifs is 5. The summed E-state index contributed by atoms with van der Waals surface area (Å²) in [7, 11) is 0. The summed E-state index contributed by atoms with van der Waals surface area (Å²) in [6.07, 6.45) is 7.86. The Morgan fingerprint density at radius 3 is 2.46 bits per heavy atom. The van der Waals surface area contributed by atoms with Crippen LogP contribution in [0.5, 0.6) is 0 Å². The molecule has 0 heterocycles. The van der Waals surface area contributed by atoms with Crippen molar-refractivity contribution in [3.63, 3.8) is 0 Å². The third kappa shape index (κ3) is 2.26. The molecule has 0 bridgehead atoms. The topological polar surface area (TPSA) is 37.3 Å². The van der Waals surface area contributed by atoms with Crippen LogP contribution in [-0.4, -0.2) is 22.2 Å². The molecule has 0 unspecified atom stereocenters. The maximum atomic E-state index is 16.2. The van der Waals surface area contributed by atoms with Crippen LogP contribution in [0.25, 0.3) is 0 Å². The smallest absolute Gasteiger partial charge is 0.133 e. The predicted molar refractivity (Wildman–Crippen MR) is 92.3 cm³/mol. The van der Waals surface area contributed by atoms with Crippen LogP contribution in [0.3, 0.4) is 0 Å². The van der Waals surface area contributed by atoms with E-state index in [1.54, 1.807) is 6.92 Å². The van der Waals surface area contributed by atoms with Crippen LogP contribution in [0.1, 0.15) is 78.6 Å². The maximum absolute atomic E-state index is 16.2. The third-order valence-corrected chi connectivity index (χ3v) is 8.80. The van der Waals surface area contributed by atoms with Gasteiger partial charge >= 0.3 is 0 Å². The van der Waals surface area contributed by atoms with E-state index in [1.165, 1.54) is 0 Å². The van der Waals surface area contributed by atoms with E-state index in [-0.39, 0.29) is 23.2 Å². The highest BCUT2D eigenvalue weighted by molar-refractivity contribution is 5.79. The molecule has 0 amide bonds. The number of halogens is 1. The first-order chi connectivity index (χ1) is 11.2. The molecule has 24 heavy (non-hydrogen) atoms. The number of hydrogen-bond acceptors (Lipinski definition) is 2. The number of alkyl halides is 1. The van der Waals surface area contributed by atoms with E-state index in [0.717, 1.165) is 38.5 Å². The van der Waals surface area contributed by atoms with Crippen LogP contribution < -0.4 is 0 Å². The van der Waals surface area contributed by atoms with Gasteiger partial charge in [0.15, 0.2) is 0 Å². The second-order valence-corrected chi connectivity index (χ2v) is 10.1. The van der Waals surface area contributed by atoms with Gasteiger partial charge in [0.1, 0.15) is 11.5 Å². The quantitative estimate of drug-likeness (QED) is 0.754. The third-order valence-electron chi connectivity index (χ3n) is 8.80. The van der Waals surface area contributed by atoms with Crippen LogP contribution in [0, 0.1) is 35.0 Å². The molecule has 0 spiro atoms. The molecule has 3 heteroatoms. The molecule has 4 aliphatic rings. The van der Waals surface area contributed by atoms with Gasteiger partial charge in [-0.15, -0.1) is 0 Å². The molecule has 1 N–H and O–H groups in total. The number of carbonyl (C=O) groups excluding carboxylic acids is 1. The molecule has 8 atom stereocenters. The van der Waals surface area contributed by atoms with Gasteiger partial charge in [-0.1, -0.05) is 6.92 Å². The largest absolute Gasteiger partial charge is 0.390 e. The molecule has 0 aliphatic heterocycles. The first-order valence-electron chi connectivity index (χ1n) is 10.1. The van der Waals surface area contributed by atoms with Gasteiger partial charge in [0.2, 0.25) is 0 Å². The molecule has 4 aliphatic carbocycles. The zero-order chi connectivity index (χ0) is 17.3. The van der Waals surface area contributed by atoms with Crippen LogP contribution in [0.4, 0.5) is 4.39 Å². The van der Waals surface area contributed by atoms with Crippen LogP contribution in [0.15, 0.2) is 0 Å². The lowest BCUT2D eigenvalue weighted by Gasteiger charge is -2.59. The predicted octanol–water partition coefficient (Wildman–Crippen LogP) is 4.69. The van der Waals surface area contributed by atoms with Gasteiger partial charge in [-0.2, -0.15) is 0 Å². The van der Waals surface area contributed by atoms with E-state index < -0.39 is 11.3 Å². The fourth-order valence-electron chi connectivity index (χ4n) is 7.65. The highest BCUT2D eigenvalue weighted by atomic mass is 19.1. The molecule has 0 aromatic rings. The van der Waals surface area contributed by atoms with Gasteiger partial charge in [-0.25, -0.2) is 4.39 Å². The number of rotatable bonds is 1. The molecule has 0 aromatic heterocycles. The zero-order valence-corrected chi connectivity index (χ0v) is 15.5. The molecule has 0 radical (unpaired) electrons. The van der Waals surface area contributed by atoms with Gasteiger partial charge in [0.05, 0.1) is 5.60 Å². The van der Waals surface area contributed by atoms with Crippen molar-refractivity contribution in [2.75, 3.05) is 0 Å². The standard InChI is InChI=1S/C21H33FO2/c1-13(23)16-6-7-17-15-5-4-14-12-19(2,24)10-11-21(14,22)18(15)8-9-20(16,17)3/h14-18,24H,4-12H2,1-3H3/t14-,15+,16-,17+,18+,19-,20-,21-/m1/s1. The number of ketones is 1. The second kappa shape index (κ2) is 5.28. The van der Waals surface area contributed by atoms with Crippen LogP contribution in [-0.2, 0) is 4.79 Å². The second-order valence-electron chi connectivity index (χ2n) is 10.1. The Balaban J connectivity index is 1.61. The normalized spacial score (nSPS) is 57.0. The minimum atomic E-state index is -1.07. The van der Waals surface area contributed by atoms with E-state index in [2.05, 4.69) is 6.92 Å². The molecular formula is C21H33FO2. The monoisotopic (exact) mass is 336 g/mol. The summed E-state index contributed by atoms with van der Waals surface area (Å²) < 4.78 is 16.2. The average molecular weight is 336 g/mol. The van der Waals surface area contributed by atoms with Crippen molar-refractivity contribution in [2.45, 2.75) is 89.8 Å². The lowest BCUT2D eigenvalue weighted by atomic mass is 9.48. The molecule has 4 rings (SSSR count). The van der Waals surface area contributed by atoms with Crippen molar-refractivity contribution in [1.29, 1.82) is 0 Å². The summed E-state index contributed by atoms with van der Waals surface area (Å²) in [6.45, 7) is 5.95. The number of aliphatic hydroxyl groups is 1. The minimum Gasteiger partial charge on any atom is -0.390 e. The summed E-state index contributed by atoms with van der Waals surface area (Å²) >= 11 is 0. The lowest BCUT2D eigenvalue weighted by molar-refractivity contribution is -0.165. The van der Waals surface area contributed by atoms with Gasteiger partial charge in [0.25, 0.3) is 0 Å². The lowest BCUT2D eigenvalue weighted by Crippen LogP contribution is -2.58. The van der Waals surface area contributed by atoms with Crippen molar-refractivity contribution in [2.24, 2.45) is 35.0 Å². The first-order valence-corrected chi connectivity index (χ1v) is 10.1. The van der Waals surface area contributed by atoms with Crippen molar-refractivity contribution < 1.29 is 14.3 Å². The summed E-state index contributed by atoms with van der Waals surface area (Å²) in [5, 5.41) is 10.4. The molecule has 0 saturated heterocycles. The Labute approximate surface area is 145 Å². The molecule has 0 aromatic carbocycles. The van der Waals surface area contributed by atoms with Crippen molar-refractivity contribution >= 4 is 5.78 Å².